The van der Waals surface area contributed by atoms with Crippen LogP contribution in [0.3, 0.4) is 0 Å². The van der Waals surface area contributed by atoms with Crippen molar-refractivity contribution in [2.75, 3.05) is 52.0 Å². The summed E-state index contributed by atoms with van der Waals surface area (Å²) in [5, 5.41) is 3.44. The van der Waals surface area contributed by atoms with Crippen molar-refractivity contribution < 1.29 is 14.2 Å². The number of benzene rings is 1. The molecule has 1 saturated heterocycles. The first-order valence-corrected chi connectivity index (χ1v) is 7.02. The lowest BCUT2D eigenvalue weighted by atomic mass is 10.2. The maximum absolute atomic E-state index is 5.65. The largest absolute Gasteiger partial charge is 0.493 e. The summed E-state index contributed by atoms with van der Waals surface area (Å²) in [5.74, 6) is 1.53. The molecule has 0 amide bonds. The summed E-state index contributed by atoms with van der Waals surface area (Å²) in [6, 6.07) is 6.60. The Morgan fingerprint density at radius 1 is 1.25 bits per heavy atom. The van der Waals surface area contributed by atoms with E-state index in [1.807, 2.05) is 12.1 Å². The molecule has 0 radical (unpaired) electrons. The summed E-state index contributed by atoms with van der Waals surface area (Å²) in [6.07, 6.45) is 0. The topological polar surface area (TPSA) is 43.0 Å². The number of hydrogen-bond acceptors (Lipinski definition) is 5. The van der Waals surface area contributed by atoms with Gasteiger partial charge >= 0.3 is 0 Å². The van der Waals surface area contributed by atoms with E-state index in [0.717, 1.165) is 31.1 Å². The molecule has 1 aliphatic rings. The fourth-order valence-electron chi connectivity index (χ4n) is 2.37. The Hall–Kier alpha value is -1.46. The average Bonchev–Trinajstić information content (AvgIpc) is 2.47. The van der Waals surface area contributed by atoms with E-state index in [4.69, 9.17) is 14.2 Å². The van der Waals surface area contributed by atoms with Crippen LogP contribution in [-0.4, -0.2) is 53.1 Å². The van der Waals surface area contributed by atoms with Crippen molar-refractivity contribution in [1.82, 2.24) is 5.32 Å². The van der Waals surface area contributed by atoms with E-state index in [2.05, 4.69) is 23.2 Å². The van der Waals surface area contributed by atoms with Crippen LogP contribution in [0.2, 0.25) is 0 Å². The summed E-state index contributed by atoms with van der Waals surface area (Å²) in [4.78, 5) is 2.36. The van der Waals surface area contributed by atoms with Gasteiger partial charge in [0.1, 0.15) is 6.61 Å². The summed E-state index contributed by atoms with van der Waals surface area (Å²) in [7, 11) is 3.33. The average molecular weight is 280 g/mol. The van der Waals surface area contributed by atoms with Crippen molar-refractivity contribution in [1.29, 1.82) is 0 Å². The SMILES string of the molecule is COCCOc1ccc(N2CCN[C@H](C)C2)cc1OC. The quantitative estimate of drug-likeness (QED) is 0.800. The van der Waals surface area contributed by atoms with Gasteiger partial charge < -0.3 is 24.4 Å². The minimum atomic E-state index is 0.507. The molecular weight excluding hydrogens is 256 g/mol. The third-order valence-electron chi connectivity index (χ3n) is 3.43. The number of ether oxygens (including phenoxy) is 3. The predicted octanol–water partition coefficient (Wildman–Crippen LogP) is 1.52. The summed E-state index contributed by atoms with van der Waals surface area (Å²) >= 11 is 0. The smallest absolute Gasteiger partial charge is 0.162 e. The van der Waals surface area contributed by atoms with Gasteiger partial charge in [0.05, 0.1) is 13.7 Å². The lowest BCUT2D eigenvalue weighted by Gasteiger charge is -2.33. The summed E-state index contributed by atoms with van der Waals surface area (Å²) in [5.41, 5.74) is 1.18. The van der Waals surface area contributed by atoms with Gasteiger partial charge in [-0.05, 0) is 19.1 Å². The minimum absolute atomic E-state index is 0.507. The van der Waals surface area contributed by atoms with Gasteiger partial charge in [0, 0.05) is 44.5 Å². The number of anilines is 1. The van der Waals surface area contributed by atoms with Gasteiger partial charge in [-0.2, -0.15) is 0 Å². The van der Waals surface area contributed by atoms with Crippen LogP contribution in [-0.2, 0) is 4.74 Å². The number of methoxy groups -OCH3 is 2. The number of hydrogen-bond donors (Lipinski definition) is 1. The van der Waals surface area contributed by atoms with Gasteiger partial charge in [-0.25, -0.2) is 0 Å². The van der Waals surface area contributed by atoms with Gasteiger partial charge in [-0.15, -0.1) is 0 Å². The second-order valence-corrected chi connectivity index (χ2v) is 4.98. The summed E-state index contributed by atoms with van der Waals surface area (Å²) in [6.45, 7) is 6.32. The monoisotopic (exact) mass is 280 g/mol. The highest BCUT2D eigenvalue weighted by molar-refractivity contribution is 5.56. The lowest BCUT2D eigenvalue weighted by Crippen LogP contribution is -2.49. The Balaban J connectivity index is 2.07. The highest BCUT2D eigenvalue weighted by Gasteiger charge is 2.17. The molecule has 1 aromatic carbocycles. The standard InChI is InChI=1S/C15H24N2O3/c1-12-11-17(7-6-16-12)13-4-5-14(15(10-13)19-3)20-9-8-18-2/h4-5,10,12,16H,6-9,11H2,1-3H3/t12-/m1/s1. The highest BCUT2D eigenvalue weighted by Crippen LogP contribution is 2.32. The Bertz CT molecular complexity index is 426. The van der Waals surface area contributed by atoms with E-state index in [0.29, 0.717) is 19.3 Å². The number of nitrogens with zero attached hydrogens (tertiary/aromatic N) is 1. The van der Waals surface area contributed by atoms with Crippen molar-refractivity contribution >= 4 is 5.69 Å². The Labute approximate surface area is 120 Å². The fraction of sp³-hybridized carbons (Fsp3) is 0.600. The first-order valence-electron chi connectivity index (χ1n) is 7.02. The van der Waals surface area contributed by atoms with Crippen LogP contribution in [0.4, 0.5) is 5.69 Å². The molecule has 0 bridgehead atoms. The molecule has 1 N–H and O–H groups in total. The second-order valence-electron chi connectivity index (χ2n) is 4.98. The third kappa shape index (κ3) is 3.77. The molecule has 5 heteroatoms. The number of rotatable bonds is 6. The molecule has 0 spiro atoms. The van der Waals surface area contributed by atoms with E-state index >= 15 is 0 Å². The minimum Gasteiger partial charge on any atom is -0.493 e. The summed E-state index contributed by atoms with van der Waals surface area (Å²) < 4.78 is 16.1. The van der Waals surface area contributed by atoms with Crippen molar-refractivity contribution in [3.8, 4) is 11.5 Å². The first kappa shape index (κ1) is 14.9. The van der Waals surface area contributed by atoms with Gasteiger partial charge in [-0.3, -0.25) is 0 Å². The first-order chi connectivity index (χ1) is 9.74. The fourth-order valence-corrected chi connectivity index (χ4v) is 2.37. The zero-order chi connectivity index (χ0) is 14.4. The van der Waals surface area contributed by atoms with E-state index < -0.39 is 0 Å². The van der Waals surface area contributed by atoms with E-state index in [9.17, 15) is 0 Å². The molecule has 112 valence electrons. The van der Waals surface area contributed by atoms with Gasteiger partial charge in [0.15, 0.2) is 11.5 Å². The van der Waals surface area contributed by atoms with Crippen LogP contribution >= 0.6 is 0 Å². The maximum atomic E-state index is 5.65. The van der Waals surface area contributed by atoms with Crippen molar-refractivity contribution in [3.05, 3.63) is 18.2 Å². The molecule has 20 heavy (non-hydrogen) atoms. The molecule has 5 nitrogen and oxygen atoms in total. The van der Waals surface area contributed by atoms with Crippen LogP contribution in [0, 0.1) is 0 Å². The molecule has 1 atom stereocenters. The second kappa shape index (κ2) is 7.36. The predicted molar refractivity (Wildman–Crippen MR) is 80.0 cm³/mol. The molecule has 0 aliphatic carbocycles. The van der Waals surface area contributed by atoms with Gasteiger partial charge in [0.25, 0.3) is 0 Å². The Morgan fingerprint density at radius 3 is 2.80 bits per heavy atom. The van der Waals surface area contributed by atoms with E-state index in [1.165, 1.54) is 5.69 Å². The Kier molecular flexibility index (Phi) is 5.49. The van der Waals surface area contributed by atoms with Gasteiger partial charge in [-0.1, -0.05) is 0 Å². The van der Waals surface area contributed by atoms with Crippen LogP contribution in [0.15, 0.2) is 18.2 Å². The molecular formula is C15H24N2O3. The molecule has 1 aromatic rings. The molecule has 2 rings (SSSR count). The lowest BCUT2D eigenvalue weighted by molar-refractivity contribution is 0.144. The zero-order valence-corrected chi connectivity index (χ0v) is 12.5. The van der Waals surface area contributed by atoms with Crippen LogP contribution < -0.4 is 19.7 Å². The van der Waals surface area contributed by atoms with E-state index in [-0.39, 0.29) is 0 Å². The number of piperazine rings is 1. The van der Waals surface area contributed by atoms with E-state index in [1.54, 1.807) is 14.2 Å². The van der Waals surface area contributed by atoms with Crippen LogP contribution in [0.1, 0.15) is 6.92 Å². The molecule has 1 fully saturated rings. The zero-order valence-electron chi connectivity index (χ0n) is 12.5. The van der Waals surface area contributed by atoms with Crippen LogP contribution in [0.5, 0.6) is 11.5 Å². The van der Waals surface area contributed by atoms with Crippen molar-refractivity contribution in [3.63, 3.8) is 0 Å². The van der Waals surface area contributed by atoms with Gasteiger partial charge in [0.2, 0.25) is 0 Å². The molecule has 1 heterocycles. The normalized spacial score (nSPS) is 18.9. The molecule has 0 saturated carbocycles. The third-order valence-corrected chi connectivity index (χ3v) is 3.43. The maximum Gasteiger partial charge on any atom is 0.162 e. The van der Waals surface area contributed by atoms with Crippen molar-refractivity contribution in [2.45, 2.75) is 13.0 Å². The van der Waals surface area contributed by atoms with Crippen molar-refractivity contribution in [2.24, 2.45) is 0 Å². The molecule has 0 aromatic heterocycles. The Morgan fingerprint density at radius 2 is 2.10 bits per heavy atom. The molecule has 1 aliphatic heterocycles. The molecule has 0 unspecified atom stereocenters. The highest BCUT2D eigenvalue weighted by atomic mass is 16.5. The van der Waals surface area contributed by atoms with Crippen LogP contribution in [0.25, 0.3) is 0 Å². The number of nitrogens with one attached hydrogen (secondary N) is 1.